The molecule has 0 saturated heterocycles. The monoisotopic (exact) mass is 267 g/mol. The molecule has 1 N–H and O–H groups in total. The molecule has 0 aromatic heterocycles. The number of hydrogen-bond acceptors (Lipinski definition) is 4. The molecule has 1 aromatic rings. The fourth-order valence-corrected chi connectivity index (χ4v) is 1.88. The Kier molecular flexibility index (Phi) is 4.75. The van der Waals surface area contributed by atoms with Crippen molar-refractivity contribution in [3.8, 4) is 11.5 Å². The summed E-state index contributed by atoms with van der Waals surface area (Å²) >= 11 is 3.90. The Morgan fingerprint density at radius 3 is 2.83 bits per heavy atom. The average Bonchev–Trinajstić information content (AvgIpc) is 2.63. The molecule has 1 aliphatic heterocycles. The third-order valence-electron chi connectivity index (χ3n) is 2.69. The van der Waals surface area contributed by atoms with E-state index >= 15 is 0 Å². The second-order valence-electron chi connectivity index (χ2n) is 4.09. The molecule has 0 bridgehead atoms. The minimum Gasteiger partial charge on any atom is -0.490 e. The van der Waals surface area contributed by atoms with Crippen LogP contribution in [0.5, 0.6) is 11.5 Å². The Morgan fingerprint density at radius 1 is 1.28 bits per heavy atom. The standard InChI is InChI=1S/C13H17NO3S/c15-13(9-18)14-5-4-10-2-3-11-12(8-10)17-7-1-6-16-11/h2-3,8,18H,1,4-7,9H2,(H,14,15). The number of carbonyl (C=O) groups excluding carboxylic acids is 1. The Labute approximate surface area is 112 Å². The number of hydrogen-bond donors (Lipinski definition) is 2. The smallest absolute Gasteiger partial charge is 0.229 e. The molecule has 18 heavy (non-hydrogen) atoms. The predicted molar refractivity (Wildman–Crippen MR) is 72.6 cm³/mol. The number of nitrogens with one attached hydrogen (secondary N) is 1. The van der Waals surface area contributed by atoms with E-state index in [-0.39, 0.29) is 11.7 Å². The van der Waals surface area contributed by atoms with Gasteiger partial charge in [0, 0.05) is 13.0 Å². The highest BCUT2D eigenvalue weighted by molar-refractivity contribution is 7.81. The van der Waals surface area contributed by atoms with Gasteiger partial charge >= 0.3 is 0 Å². The largest absolute Gasteiger partial charge is 0.490 e. The molecule has 0 aliphatic carbocycles. The van der Waals surface area contributed by atoms with Crippen molar-refractivity contribution in [3.63, 3.8) is 0 Å². The fourth-order valence-electron chi connectivity index (χ4n) is 1.77. The zero-order valence-corrected chi connectivity index (χ0v) is 11.0. The number of ether oxygens (including phenoxy) is 2. The Hall–Kier alpha value is -1.36. The van der Waals surface area contributed by atoms with E-state index in [0.29, 0.717) is 19.8 Å². The van der Waals surface area contributed by atoms with E-state index in [1.54, 1.807) is 0 Å². The molecule has 0 radical (unpaired) electrons. The Balaban J connectivity index is 1.93. The maximum Gasteiger partial charge on any atom is 0.229 e. The van der Waals surface area contributed by atoms with Crippen LogP contribution in [0.2, 0.25) is 0 Å². The molecule has 0 fully saturated rings. The molecular weight excluding hydrogens is 250 g/mol. The number of benzene rings is 1. The molecule has 0 spiro atoms. The number of carbonyl (C=O) groups is 1. The molecule has 1 aliphatic rings. The van der Waals surface area contributed by atoms with Crippen molar-refractivity contribution in [2.45, 2.75) is 12.8 Å². The first-order valence-corrected chi connectivity index (χ1v) is 6.69. The van der Waals surface area contributed by atoms with Gasteiger partial charge in [0.15, 0.2) is 11.5 Å². The molecule has 0 saturated carbocycles. The number of amides is 1. The SMILES string of the molecule is O=C(CS)NCCc1ccc2c(c1)OCCCO2. The van der Waals surface area contributed by atoms with Crippen molar-refractivity contribution in [2.24, 2.45) is 0 Å². The van der Waals surface area contributed by atoms with Crippen LogP contribution in [0.3, 0.4) is 0 Å². The predicted octanol–water partition coefficient (Wildman–Crippen LogP) is 1.44. The number of fused-ring (bicyclic) bond motifs is 1. The van der Waals surface area contributed by atoms with Gasteiger partial charge < -0.3 is 14.8 Å². The van der Waals surface area contributed by atoms with Crippen LogP contribution in [0.15, 0.2) is 18.2 Å². The highest BCUT2D eigenvalue weighted by Crippen LogP contribution is 2.30. The van der Waals surface area contributed by atoms with E-state index < -0.39 is 0 Å². The van der Waals surface area contributed by atoms with Crippen LogP contribution in [-0.4, -0.2) is 31.4 Å². The lowest BCUT2D eigenvalue weighted by atomic mass is 10.1. The van der Waals surface area contributed by atoms with Crippen molar-refractivity contribution >= 4 is 18.5 Å². The van der Waals surface area contributed by atoms with Crippen molar-refractivity contribution in [1.29, 1.82) is 0 Å². The summed E-state index contributed by atoms with van der Waals surface area (Å²) in [5.74, 6) is 1.77. The maximum absolute atomic E-state index is 11.0. The Bertz CT molecular complexity index is 423. The minimum absolute atomic E-state index is 0.0484. The lowest BCUT2D eigenvalue weighted by Crippen LogP contribution is -2.26. The van der Waals surface area contributed by atoms with Crippen LogP contribution < -0.4 is 14.8 Å². The van der Waals surface area contributed by atoms with Gasteiger partial charge in [-0.3, -0.25) is 4.79 Å². The van der Waals surface area contributed by atoms with Gasteiger partial charge in [-0.15, -0.1) is 0 Å². The van der Waals surface area contributed by atoms with E-state index in [1.807, 2.05) is 18.2 Å². The Morgan fingerprint density at radius 2 is 2.06 bits per heavy atom. The molecule has 0 unspecified atom stereocenters. The third-order valence-corrected chi connectivity index (χ3v) is 2.98. The van der Waals surface area contributed by atoms with E-state index in [0.717, 1.165) is 29.9 Å². The fraction of sp³-hybridized carbons (Fsp3) is 0.462. The van der Waals surface area contributed by atoms with Crippen LogP contribution in [0.1, 0.15) is 12.0 Å². The van der Waals surface area contributed by atoms with Crippen molar-refractivity contribution in [2.75, 3.05) is 25.5 Å². The summed E-state index contributed by atoms with van der Waals surface area (Å²) in [5, 5.41) is 2.79. The highest BCUT2D eigenvalue weighted by atomic mass is 32.1. The molecular formula is C13H17NO3S. The van der Waals surface area contributed by atoms with Gasteiger partial charge in [-0.25, -0.2) is 0 Å². The maximum atomic E-state index is 11.0. The molecule has 0 atom stereocenters. The molecule has 5 heteroatoms. The van der Waals surface area contributed by atoms with Crippen molar-refractivity contribution in [3.05, 3.63) is 23.8 Å². The van der Waals surface area contributed by atoms with Crippen LogP contribution >= 0.6 is 12.6 Å². The van der Waals surface area contributed by atoms with Gasteiger partial charge in [-0.1, -0.05) is 6.07 Å². The minimum atomic E-state index is -0.0484. The molecule has 1 aromatic carbocycles. The summed E-state index contributed by atoms with van der Waals surface area (Å²) in [4.78, 5) is 11.0. The molecule has 98 valence electrons. The van der Waals surface area contributed by atoms with Crippen LogP contribution in [0.4, 0.5) is 0 Å². The summed E-state index contributed by atoms with van der Waals surface area (Å²) < 4.78 is 11.2. The van der Waals surface area contributed by atoms with Gasteiger partial charge in [0.1, 0.15) is 0 Å². The van der Waals surface area contributed by atoms with E-state index in [2.05, 4.69) is 17.9 Å². The first-order chi connectivity index (χ1) is 8.79. The van der Waals surface area contributed by atoms with Gasteiger partial charge in [-0.05, 0) is 24.1 Å². The summed E-state index contributed by atoms with van der Waals surface area (Å²) in [6.07, 6.45) is 1.68. The zero-order valence-electron chi connectivity index (χ0n) is 10.1. The van der Waals surface area contributed by atoms with Gasteiger partial charge in [0.25, 0.3) is 0 Å². The van der Waals surface area contributed by atoms with Gasteiger partial charge in [0.05, 0.1) is 19.0 Å². The van der Waals surface area contributed by atoms with Gasteiger partial charge in [0.2, 0.25) is 5.91 Å². The molecule has 4 nitrogen and oxygen atoms in total. The lowest BCUT2D eigenvalue weighted by Gasteiger charge is -2.09. The topological polar surface area (TPSA) is 47.6 Å². The van der Waals surface area contributed by atoms with E-state index in [9.17, 15) is 4.79 Å². The summed E-state index contributed by atoms with van der Waals surface area (Å²) in [6.45, 7) is 2.00. The van der Waals surface area contributed by atoms with Crippen LogP contribution in [0.25, 0.3) is 0 Å². The zero-order chi connectivity index (χ0) is 12.8. The summed E-state index contributed by atoms with van der Waals surface area (Å²) in [5.41, 5.74) is 1.12. The first kappa shape index (κ1) is 13.1. The number of rotatable bonds is 4. The summed E-state index contributed by atoms with van der Waals surface area (Å²) in [7, 11) is 0. The first-order valence-electron chi connectivity index (χ1n) is 6.05. The average molecular weight is 267 g/mol. The summed E-state index contributed by atoms with van der Waals surface area (Å²) in [6, 6.07) is 5.91. The second-order valence-corrected chi connectivity index (χ2v) is 4.41. The second kappa shape index (κ2) is 6.54. The third kappa shape index (κ3) is 3.57. The van der Waals surface area contributed by atoms with Crippen molar-refractivity contribution < 1.29 is 14.3 Å². The number of thiol groups is 1. The molecule has 1 amide bonds. The highest BCUT2D eigenvalue weighted by Gasteiger charge is 2.10. The van der Waals surface area contributed by atoms with E-state index in [4.69, 9.17) is 9.47 Å². The van der Waals surface area contributed by atoms with Crippen molar-refractivity contribution in [1.82, 2.24) is 5.32 Å². The lowest BCUT2D eigenvalue weighted by molar-refractivity contribution is -0.118. The quantitative estimate of drug-likeness (QED) is 0.812. The van der Waals surface area contributed by atoms with Crippen LogP contribution in [0, 0.1) is 0 Å². The van der Waals surface area contributed by atoms with E-state index in [1.165, 1.54) is 0 Å². The normalized spacial score (nSPS) is 13.8. The molecule has 1 heterocycles. The van der Waals surface area contributed by atoms with Crippen LogP contribution in [-0.2, 0) is 11.2 Å². The molecule has 2 rings (SSSR count). The van der Waals surface area contributed by atoms with Gasteiger partial charge in [-0.2, -0.15) is 12.6 Å².